The summed E-state index contributed by atoms with van der Waals surface area (Å²) in [5.74, 6) is -1.71. The van der Waals surface area contributed by atoms with E-state index in [-0.39, 0.29) is 52.3 Å². The number of hydrogen-bond donors (Lipinski definition) is 1. The van der Waals surface area contributed by atoms with Crippen molar-refractivity contribution in [2.45, 2.75) is 26.7 Å². The first kappa shape index (κ1) is 20.2. The monoisotopic (exact) mass is 411 g/mol. The molecule has 1 fully saturated rings. The van der Waals surface area contributed by atoms with Crippen LogP contribution in [0.3, 0.4) is 0 Å². The minimum atomic E-state index is -0.556. The second-order valence-corrected chi connectivity index (χ2v) is 7.24. The Labute approximate surface area is 170 Å². The fraction of sp³-hybridized carbons (Fsp3) is 0.250. The summed E-state index contributed by atoms with van der Waals surface area (Å²) in [6.45, 7) is 3.49. The number of rotatable bonds is 5. The topological polar surface area (TPSA) is 117 Å². The van der Waals surface area contributed by atoms with E-state index in [9.17, 15) is 24.4 Å². The minimum Gasteiger partial charge on any atom is -0.462 e. The molecule has 9 heteroatoms. The van der Waals surface area contributed by atoms with Crippen LogP contribution in [0.4, 0.5) is 10.7 Å². The molecule has 0 unspecified atom stereocenters. The predicted octanol–water partition coefficient (Wildman–Crippen LogP) is 3.01. The molecule has 3 amide bonds. The Balaban J connectivity index is 1.88. The third-order valence-electron chi connectivity index (χ3n) is 4.36. The van der Waals surface area contributed by atoms with Crippen molar-refractivity contribution in [3.8, 4) is 6.07 Å². The highest BCUT2D eigenvalue weighted by Crippen LogP contribution is 2.33. The van der Waals surface area contributed by atoms with Crippen LogP contribution in [0.15, 0.2) is 24.3 Å². The first-order valence-corrected chi connectivity index (χ1v) is 9.66. The number of esters is 1. The van der Waals surface area contributed by atoms with E-state index in [1.165, 1.54) is 12.1 Å². The standard InChI is InChI=1S/C20H17N3O5S/c1-3-28-20(27)17-11(2)14(10-21)19(29-17)22-18(26)12-5-4-6-13(9-12)23-15(24)7-8-16(23)25/h4-6,9H,3,7-8H2,1-2H3,(H,22,26). The Bertz CT molecular complexity index is 1050. The van der Waals surface area contributed by atoms with Gasteiger partial charge in [0.05, 0.1) is 17.9 Å². The zero-order valence-corrected chi connectivity index (χ0v) is 16.6. The van der Waals surface area contributed by atoms with Gasteiger partial charge in [0.1, 0.15) is 15.9 Å². The number of nitriles is 1. The summed E-state index contributed by atoms with van der Waals surface area (Å²) in [7, 11) is 0. The molecule has 1 aliphatic rings. The fourth-order valence-electron chi connectivity index (χ4n) is 2.95. The third kappa shape index (κ3) is 3.88. The molecule has 1 aromatic heterocycles. The normalized spacial score (nSPS) is 13.3. The van der Waals surface area contributed by atoms with Gasteiger partial charge in [0.25, 0.3) is 5.91 Å². The van der Waals surface area contributed by atoms with E-state index in [1.807, 2.05) is 6.07 Å². The van der Waals surface area contributed by atoms with Crippen molar-refractivity contribution in [2.75, 3.05) is 16.8 Å². The van der Waals surface area contributed by atoms with Gasteiger partial charge in [-0.1, -0.05) is 6.07 Å². The average molecular weight is 411 g/mol. The molecule has 0 bridgehead atoms. The lowest BCUT2D eigenvalue weighted by Crippen LogP contribution is -2.28. The van der Waals surface area contributed by atoms with Crippen LogP contribution in [0.5, 0.6) is 0 Å². The Hall–Kier alpha value is -3.51. The van der Waals surface area contributed by atoms with E-state index < -0.39 is 11.9 Å². The van der Waals surface area contributed by atoms with Crippen molar-refractivity contribution < 1.29 is 23.9 Å². The molecule has 3 rings (SSSR count). The maximum atomic E-state index is 12.7. The molecule has 0 saturated carbocycles. The largest absolute Gasteiger partial charge is 0.462 e. The predicted molar refractivity (Wildman–Crippen MR) is 106 cm³/mol. The molecule has 1 N–H and O–H groups in total. The van der Waals surface area contributed by atoms with Gasteiger partial charge in [-0.15, -0.1) is 11.3 Å². The van der Waals surface area contributed by atoms with E-state index in [2.05, 4.69) is 5.32 Å². The molecule has 0 spiro atoms. The molecule has 0 radical (unpaired) electrons. The van der Waals surface area contributed by atoms with Gasteiger partial charge < -0.3 is 10.1 Å². The van der Waals surface area contributed by atoms with Crippen molar-refractivity contribution in [1.29, 1.82) is 5.26 Å². The lowest BCUT2D eigenvalue weighted by molar-refractivity contribution is -0.121. The van der Waals surface area contributed by atoms with Gasteiger partial charge in [-0.2, -0.15) is 5.26 Å². The number of amides is 3. The Morgan fingerprint density at radius 2 is 1.97 bits per heavy atom. The summed E-state index contributed by atoms with van der Waals surface area (Å²) >= 11 is 0.964. The summed E-state index contributed by atoms with van der Waals surface area (Å²) < 4.78 is 4.98. The SMILES string of the molecule is CCOC(=O)c1sc(NC(=O)c2cccc(N3C(=O)CCC3=O)c2)c(C#N)c1C. The average Bonchev–Trinajstić information content (AvgIpc) is 3.20. The summed E-state index contributed by atoms with van der Waals surface area (Å²) in [5.41, 5.74) is 1.16. The van der Waals surface area contributed by atoms with Crippen LogP contribution in [0, 0.1) is 18.3 Å². The Kier molecular flexibility index (Phi) is 5.75. The minimum absolute atomic E-state index is 0.145. The number of carbonyl (C=O) groups excluding carboxylic acids is 4. The van der Waals surface area contributed by atoms with Crippen LogP contribution in [0.2, 0.25) is 0 Å². The van der Waals surface area contributed by atoms with Gasteiger partial charge >= 0.3 is 5.97 Å². The van der Waals surface area contributed by atoms with Gasteiger partial charge in [-0.25, -0.2) is 4.79 Å². The highest BCUT2D eigenvalue weighted by molar-refractivity contribution is 7.18. The second kappa shape index (κ2) is 8.24. The number of carbonyl (C=O) groups is 4. The molecule has 1 aliphatic heterocycles. The summed E-state index contributed by atoms with van der Waals surface area (Å²) in [5, 5.41) is 12.3. The smallest absolute Gasteiger partial charge is 0.348 e. The maximum Gasteiger partial charge on any atom is 0.348 e. The summed E-state index contributed by atoms with van der Waals surface area (Å²) in [6, 6.07) is 8.11. The van der Waals surface area contributed by atoms with Gasteiger partial charge in [-0.05, 0) is 37.6 Å². The molecular weight excluding hydrogens is 394 g/mol. The van der Waals surface area contributed by atoms with E-state index in [0.717, 1.165) is 16.2 Å². The third-order valence-corrected chi connectivity index (χ3v) is 5.55. The van der Waals surface area contributed by atoms with Crippen molar-refractivity contribution in [2.24, 2.45) is 0 Å². The van der Waals surface area contributed by atoms with Crippen LogP contribution in [0.1, 0.15) is 50.9 Å². The number of thiophene rings is 1. The lowest BCUT2D eigenvalue weighted by atomic mass is 10.1. The number of nitrogens with zero attached hydrogens (tertiary/aromatic N) is 2. The molecule has 29 heavy (non-hydrogen) atoms. The van der Waals surface area contributed by atoms with Gasteiger partial charge in [0, 0.05) is 18.4 Å². The highest BCUT2D eigenvalue weighted by Gasteiger charge is 2.30. The molecule has 8 nitrogen and oxygen atoms in total. The number of imide groups is 1. The van der Waals surface area contributed by atoms with Crippen LogP contribution < -0.4 is 10.2 Å². The number of hydrogen-bond acceptors (Lipinski definition) is 7. The van der Waals surface area contributed by atoms with Gasteiger partial charge in [0.2, 0.25) is 11.8 Å². The van der Waals surface area contributed by atoms with E-state index in [1.54, 1.807) is 26.0 Å². The van der Waals surface area contributed by atoms with E-state index >= 15 is 0 Å². The molecule has 2 aromatic rings. The van der Waals surface area contributed by atoms with Crippen LogP contribution in [0.25, 0.3) is 0 Å². The van der Waals surface area contributed by atoms with Crippen molar-refractivity contribution in [3.05, 3.63) is 45.8 Å². The van der Waals surface area contributed by atoms with Gasteiger partial charge in [0.15, 0.2) is 0 Å². The number of anilines is 2. The van der Waals surface area contributed by atoms with Crippen LogP contribution >= 0.6 is 11.3 Å². The Morgan fingerprint density at radius 3 is 2.59 bits per heavy atom. The molecule has 2 heterocycles. The van der Waals surface area contributed by atoms with Crippen LogP contribution in [-0.4, -0.2) is 30.3 Å². The maximum absolute atomic E-state index is 12.7. The highest BCUT2D eigenvalue weighted by atomic mass is 32.1. The van der Waals surface area contributed by atoms with Crippen molar-refractivity contribution in [1.82, 2.24) is 0 Å². The number of benzene rings is 1. The summed E-state index contributed by atoms with van der Waals surface area (Å²) in [6.07, 6.45) is 0.289. The zero-order valence-electron chi connectivity index (χ0n) is 15.8. The van der Waals surface area contributed by atoms with E-state index in [0.29, 0.717) is 11.3 Å². The van der Waals surface area contributed by atoms with Crippen molar-refractivity contribution >= 4 is 45.7 Å². The zero-order chi connectivity index (χ0) is 21.1. The fourth-order valence-corrected chi connectivity index (χ4v) is 4.00. The first-order chi connectivity index (χ1) is 13.9. The second-order valence-electron chi connectivity index (χ2n) is 6.22. The van der Waals surface area contributed by atoms with Gasteiger partial charge in [-0.3, -0.25) is 19.3 Å². The molecule has 1 aromatic carbocycles. The van der Waals surface area contributed by atoms with E-state index in [4.69, 9.17) is 4.74 Å². The molecular formula is C20H17N3O5S. The molecule has 148 valence electrons. The van der Waals surface area contributed by atoms with Crippen LogP contribution in [-0.2, 0) is 14.3 Å². The molecule has 0 atom stereocenters. The quantitative estimate of drug-likeness (QED) is 0.597. The number of ether oxygens (including phenoxy) is 1. The molecule has 0 aliphatic carbocycles. The number of nitrogens with one attached hydrogen (secondary N) is 1. The van der Waals surface area contributed by atoms with Crippen molar-refractivity contribution in [3.63, 3.8) is 0 Å². The Morgan fingerprint density at radius 1 is 1.28 bits per heavy atom. The summed E-state index contributed by atoms with van der Waals surface area (Å²) in [4.78, 5) is 49.9. The molecule has 1 saturated heterocycles. The first-order valence-electron chi connectivity index (χ1n) is 8.85. The lowest BCUT2D eigenvalue weighted by Gasteiger charge is -2.14.